The quantitative estimate of drug-likeness (QED) is 0.306. The summed E-state index contributed by atoms with van der Waals surface area (Å²) >= 11 is 0. The molecule has 0 radical (unpaired) electrons. The van der Waals surface area contributed by atoms with Crippen molar-refractivity contribution in [2.75, 3.05) is 48.5 Å². The molecule has 0 spiro atoms. The van der Waals surface area contributed by atoms with E-state index in [1.54, 1.807) is 0 Å². The van der Waals surface area contributed by atoms with Gasteiger partial charge in [0.1, 0.15) is 12.2 Å². The number of hydrogen-bond acceptors (Lipinski definition) is 9. The van der Waals surface area contributed by atoms with Crippen molar-refractivity contribution in [1.29, 1.82) is 0 Å². The second-order valence-electron chi connectivity index (χ2n) is 7.28. The highest BCUT2D eigenvalue weighted by Gasteiger charge is 2.09. The molecule has 5 N–H and O–H groups in total. The average Bonchev–Trinajstić information content (AvgIpc) is 2.75. The zero-order chi connectivity index (χ0) is 22.9. The Balaban J connectivity index is 1.83. The molecule has 2 aromatic carbocycles. The van der Waals surface area contributed by atoms with Gasteiger partial charge in [0.15, 0.2) is 0 Å². The molecule has 0 saturated heterocycles. The van der Waals surface area contributed by atoms with Crippen LogP contribution in [-0.2, 0) is 11.3 Å². The number of hydrogen-bond donors (Lipinski definition) is 5. The fraction of sp³-hybridized carbons (Fsp3) is 0.273. The highest BCUT2D eigenvalue weighted by molar-refractivity contribution is 5.79. The van der Waals surface area contributed by atoms with E-state index in [1.807, 2.05) is 68.5 Å². The third-order valence-corrected chi connectivity index (χ3v) is 4.51. The summed E-state index contributed by atoms with van der Waals surface area (Å²) in [5.74, 6) is 0.264. The highest BCUT2D eigenvalue weighted by atomic mass is 16.4. The second-order valence-corrected chi connectivity index (χ2v) is 7.28. The Morgan fingerprint density at radius 2 is 1.75 bits per heavy atom. The Morgan fingerprint density at radius 1 is 1.03 bits per heavy atom. The SMILES string of the molecule is CNCc1ncnc(Nc2ccccc2Nc2cc(NCCC(=O)O)cc(N(C)C)c2)n1. The molecule has 0 aliphatic rings. The number of aromatic nitrogens is 3. The number of nitrogens with one attached hydrogen (secondary N) is 4. The topological polar surface area (TPSA) is 127 Å². The first-order valence-corrected chi connectivity index (χ1v) is 10.2. The van der Waals surface area contributed by atoms with Crippen molar-refractivity contribution in [3.63, 3.8) is 0 Å². The molecule has 168 valence electrons. The highest BCUT2D eigenvalue weighted by Crippen LogP contribution is 2.31. The molecule has 3 rings (SSSR count). The normalized spacial score (nSPS) is 10.5. The monoisotopic (exact) mass is 436 g/mol. The van der Waals surface area contributed by atoms with Gasteiger partial charge in [0.2, 0.25) is 5.95 Å². The number of carbonyl (C=O) groups is 1. The minimum Gasteiger partial charge on any atom is -0.481 e. The Morgan fingerprint density at radius 3 is 2.44 bits per heavy atom. The molecular weight excluding hydrogens is 408 g/mol. The van der Waals surface area contributed by atoms with E-state index in [0.29, 0.717) is 24.9 Å². The summed E-state index contributed by atoms with van der Waals surface area (Å²) in [6.45, 7) is 0.893. The van der Waals surface area contributed by atoms with E-state index >= 15 is 0 Å². The van der Waals surface area contributed by atoms with Gasteiger partial charge >= 0.3 is 5.97 Å². The van der Waals surface area contributed by atoms with Crippen LogP contribution in [0.5, 0.6) is 0 Å². The van der Waals surface area contributed by atoms with Crippen LogP contribution in [0.3, 0.4) is 0 Å². The van der Waals surface area contributed by atoms with Gasteiger partial charge in [-0.1, -0.05) is 12.1 Å². The van der Waals surface area contributed by atoms with Gasteiger partial charge < -0.3 is 31.3 Å². The fourth-order valence-corrected chi connectivity index (χ4v) is 2.97. The Hall–Kier alpha value is -3.92. The van der Waals surface area contributed by atoms with Gasteiger partial charge in [0.25, 0.3) is 0 Å². The van der Waals surface area contributed by atoms with E-state index in [9.17, 15) is 4.79 Å². The van der Waals surface area contributed by atoms with Crippen LogP contribution in [0, 0.1) is 0 Å². The molecule has 10 nitrogen and oxygen atoms in total. The number of nitrogens with zero attached hydrogens (tertiary/aromatic N) is 4. The molecule has 0 bridgehead atoms. The molecule has 0 saturated carbocycles. The maximum absolute atomic E-state index is 10.8. The standard InChI is InChI=1S/C22H28N8O2/c1-23-13-20-25-14-26-22(29-20)28-19-7-5-4-6-18(19)27-16-10-15(24-9-8-21(31)32)11-17(12-16)30(2)3/h4-7,10-12,14,23-24,27H,8-9,13H2,1-3H3,(H,31,32)(H,25,26,28,29). The van der Waals surface area contributed by atoms with Crippen LogP contribution in [0.15, 0.2) is 48.8 Å². The van der Waals surface area contributed by atoms with Crippen LogP contribution < -0.4 is 26.2 Å². The Bertz CT molecular complexity index is 1060. The van der Waals surface area contributed by atoms with Crippen molar-refractivity contribution >= 4 is 40.4 Å². The summed E-state index contributed by atoms with van der Waals surface area (Å²) in [6.07, 6.45) is 1.52. The predicted molar refractivity (Wildman–Crippen MR) is 127 cm³/mol. The minimum absolute atomic E-state index is 0.0448. The predicted octanol–water partition coefficient (Wildman–Crippen LogP) is 3.03. The van der Waals surface area contributed by atoms with Crippen molar-refractivity contribution in [2.45, 2.75) is 13.0 Å². The van der Waals surface area contributed by atoms with Crippen molar-refractivity contribution in [3.05, 3.63) is 54.6 Å². The maximum atomic E-state index is 10.8. The van der Waals surface area contributed by atoms with Crippen molar-refractivity contribution in [3.8, 4) is 0 Å². The van der Waals surface area contributed by atoms with Crippen LogP contribution in [0.4, 0.5) is 34.4 Å². The molecule has 10 heteroatoms. The molecule has 1 aromatic heterocycles. The van der Waals surface area contributed by atoms with E-state index in [2.05, 4.69) is 36.2 Å². The van der Waals surface area contributed by atoms with E-state index < -0.39 is 5.97 Å². The number of benzene rings is 2. The van der Waals surface area contributed by atoms with E-state index in [-0.39, 0.29) is 6.42 Å². The summed E-state index contributed by atoms with van der Waals surface area (Å²) in [5, 5.41) is 21.8. The van der Waals surface area contributed by atoms with E-state index in [4.69, 9.17) is 5.11 Å². The molecule has 0 atom stereocenters. The van der Waals surface area contributed by atoms with Gasteiger partial charge in [-0.15, -0.1) is 0 Å². The minimum atomic E-state index is -0.837. The van der Waals surface area contributed by atoms with Gasteiger partial charge in [0, 0.05) is 37.7 Å². The maximum Gasteiger partial charge on any atom is 0.305 e. The lowest BCUT2D eigenvalue weighted by molar-refractivity contribution is -0.136. The summed E-state index contributed by atoms with van der Waals surface area (Å²) in [5.41, 5.74) is 4.32. The molecule has 3 aromatic rings. The molecule has 0 unspecified atom stereocenters. The van der Waals surface area contributed by atoms with Crippen molar-refractivity contribution in [2.24, 2.45) is 0 Å². The first kappa shape index (κ1) is 22.8. The Labute approximate surface area is 187 Å². The molecule has 0 aliphatic heterocycles. The van der Waals surface area contributed by atoms with Crippen molar-refractivity contribution in [1.82, 2.24) is 20.3 Å². The van der Waals surface area contributed by atoms with Gasteiger partial charge in [-0.3, -0.25) is 4.79 Å². The molecular formula is C22H28N8O2. The molecule has 0 aliphatic carbocycles. The largest absolute Gasteiger partial charge is 0.481 e. The summed E-state index contributed by atoms with van der Waals surface area (Å²) < 4.78 is 0. The number of aliphatic carboxylic acids is 1. The number of carboxylic acids is 1. The zero-order valence-corrected chi connectivity index (χ0v) is 18.4. The lowest BCUT2D eigenvalue weighted by atomic mass is 10.2. The lowest BCUT2D eigenvalue weighted by Gasteiger charge is -2.19. The smallest absolute Gasteiger partial charge is 0.305 e. The van der Waals surface area contributed by atoms with Crippen molar-refractivity contribution < 1.29 is 9.90 Å². The third kappa shape index (κ3) is 6.54. The summed E-state index contributed by atoms with van der Waals surface area (Å²) in [6, 6.07) is 13.7. The number of para-hydroxylation sites is 2. The number of anilines is 6. The van der Waals surface area contributed by atoms with Crippen LogP contribution in [0.2, 0.25) is 0 Å². The fourth-order valence-electron chi connectivity index (χ4n) is 2.97. The van der Waals surface area contributed by atoms with Gasteiger partial charge in [-0.05, 0) is 37.4 Å². The molecule has 32 heavy (non-hydrogen) atoms. The molecule has 1 heterocycles. The van der Waals surface area contributed by atoms with Gasteiger partial charge in [-0.2, -0.15) is 4.98 Å². The summed E-state index contributed by atoms with van der Waals surface area (Å²) in [4.78, 5) is 25.6. The van der Waals surface area contributed by atoms with E-state index in [1.165, 1.54) is 6.33 Å². The molecule has 0 fully saturated rings. The summed E-state index contributed by atoms with van der Waals surface area (Å²) in [7, 11) is 5.75. The first-order valence-electron chi connectivity index (χ1n) is 10.2. The number of carboxylic acid groups (broad SMARTS) is 1. The number of rotatable bonds is 11. The van der Waals surface area contributed by atoms with Gasteiger partial charge in [-0.25, -0.2) is 9.97 Å². The van der Waals surface area contributed by atoms with Gasteiger partial charge in [0.05, 0.1) is 24.3 Å². The third-order valence-electron chi connectivity index (χ3n) is 4.51. The lowest BCUT2D eigenvalue weighted by Crippen LogP contribution is -2.12. The molecule has 0 amide bonds. The Kier molecular flexibility index (Phi) is 7.76. The van der Waals surface area contributed by atoms with Crippen LogP contribution in [0.1, 0.15) is 12.2 Å². The van der Waals surface area contributed by atoms with Crippen LogP contribution >= 0.6 is 0 Å². The van der Waals surface area contributed by atoms with Crippen LogP contribution in [-0.4, -0.2) is 53.7 Å². The second kappa shape index (κ2) is 10.9. The van der Waals surface area contributed by atoms with Crippen LogP contribution in [0.25, 0.3) is 0 Å². The average molecular weight is 437 g/mol. The van der Waals surface area contributed by atoms with E-state index in [0.717, 1.165) is 28.4 Å². The first-order chi connectivity index (χ1) is 15.4. The zero-order valence-electron chi connectivity index (χ0n) is 18.4.